The molecule has 2 heterocycles. The molecule has 0 unspecified atom stereocenters. The summed E-state index contributed by atoms with van der Waals surface area (Å²) in [7, 11) is 0. The normalized spacial score (nSPS) is 11.0. The van der Waals surface area contributed by atoms with Gasteiger partial charge in [0.2, 0.25) is 0 Å². The number of thioether (sulfide) groups is 1. The third kappa shape index (κ3) is 5.40. The zero-order valence-electron chi connectivity index (χ0n) is 16.6. The average molecular weight is 509 g/mol. The van der Waals surface area contributed by atoms with Crippen molar-refractivity contribution in [1.29, 1.82) is 0 Å². The van der Waals surface area contributed by atoms with Crippen LogP contribution < -0.4 is 5.43 Å². The number of amides is 1. The molecule has 0 atom stereocenters. The van der Waals surface area contributed by atoms with Crippen molar-refractivity contribution < 1.29 is 9.90 Å². The summed E-state index contributed by atoms with van der Waals surface area (Å²) < 4.78 is 2.85. The van der Waals surface area contributed by atoms with Crippen LogP contribution >= 0.6 is 27.7 Å². The third-order valence-electron chi connectivity index (χ3n) is 4.27. The van der Waals surface area contributed by atoms with Crippen LogP contribution in [0.4, 0.5) is 0 Å². The SMILES string of the molecule is O=C(CSc1nnc(-c2cccnc2)n1-c1ccc(Br)cc1)N/N=C/c1ccc(O)cc1. The number of carbonyl (C=O) groups excluding carboxylic acids is 1. The summed E-state index contributed by atoms with van der Waals surface area (Å²) in [5.74, 6) is 0.629. The van der Waals surface area contributed by atoms with Gasteiger partial charge in [-0.3, -0.25) is 14.3 Å². The number of phenolic OH excluding ortho intramolecular Hbond substituents is 1. The molecule has 0 saturated heterocycles. The van der Waals surface area contributed by atoms with E-state index in [2.05, 4.69) is 41.6 Å². The summed E-state index contributed by atoms with van der Waals surface area (Å²) in [5, 5.41) is 22.5. The Labute approximate surface area is 196 Å². The van der Waals surface area contributed by atoms with Gasteiger partial charge in [-0.05, 0) is 66.2 Å². The molecule has 0 saturated carbocycles. The van der Waals surface area contributed by atoms with E-state index in [0.717, 1.165) is 21.3 Å². The zero-order valence-corrected chi connectivity index (χ0v) is 19.0. The van der Waals surface area contributed by atoms with Crippen molar-refractivity contribution in [3.05, 3.63) is 83.1 Å². The summed E-state index contributed by atoms with van der Waals surface area (Å²) in [5.41, 5.74) is 4.93. The highest BCUT2D eigenvalue weighted by molar-refractivity contribution is 9.10. The Hall–Kier alpha value is -3.50. The van der Waals surface area contributed by atoms with E-state index in [1.807, 2.05) is 41.0 Å². The molecule has 0 aliphatic rings. The number of aromatic nitrogens is 4. The second kappa shape index (κ2) is 10.2. The van der Waals surface area contributed by atoms with Crippen molar-refractivity contribution in [2.24, 2.45) is 5.10 Å². The molecule has 2 N–H and O–H groups in total. The first kappa shape index (κ1) is 21.7. The fourth-order valence-electron chi connectivity index (χ4n) is 2.77. The molecule has 0 aliphatic carbocycles. The van der Waals surface area contributed by atoms with Gasteiger partial charge in [0, 0.05) is 28.1 Å². The Morgan fingerprint density at radius 1 is 1.12 bits per heavy atom. The van der Waals surface area contributed by atoms with E-state index in [1.165, 1.54) is 18.0 Å². The lowest BCUT2D eigenvalue weighted by Gasteiger charge is -2.10. The van der Waals surface area contributed by atoms with Crippen LogP contribution in [0.25, 0.3) is 17.1 Å². The summed E-state index contributed by atoms with van der Waals surface area (Å²) in [6.07, 6.45) is 4.92. The van der Waals surface area contributed by atoms with Crippen LogP contribution in [0.3, 0.4) is 0 Å². The lowest BCUT2D eigenvalue weighted by atomic mass is 10.2. The number of aromatic hydroxyl groups is 1. The van der Waals surface area contributed by atoms with E-state index < -0.39 is 0 Å². The lowest BCUT2D eigenvalue weighted by molar-refractivity contribution is -0.118. The van der Waals surface area contributed by atoms with E-state index in [1.54, 1.807) is 36.7 Å². The number of hydrogen-bond acceptors (Lipinski definition) is 7. The highest BCUT2D eigenvalue weighted by atomic mass is 79.9. The van der Waals surface area contributed by atoms with Gasteiger partial charge in [0.15, 0.2) is 11.0 Å². The van der Waals surface area contributed by atoms with Gasteiger partial charge in [-0.25, -0.2) is 5.43 Å². The quantitative estimate of drug-likeness (QED) is 0.221. The maximum absolute atomic E-state index is 12.3. The summed E-state index contributed by atoms with van der Waals surface area (Å²) >= 11 is 4.71. The Morgan fingerprint density at radius 3 is 2.62 bits per heavy atom. The van der Waals surface area contributed by atoms with Gasteiger partial charge in [-0.2, -0.15) is 5.10 Å². The van der Waals surface area contributed by atoms with Crippen LogP contribution in [0.1, 0.15) is 5.56 Å². The number of halogens is 1. The molecule has 8 nitrogen and oxygen atoms in total. The van der Waals surface area contributed by atoms with Gasteiger partial charge in [-0.15, -0.1) is 10.2 Å². The summed E-state index contributed by atoms with van der Waals surface area (Å²) in [4.78, 5) is 16.4. The van der Waals surface area contributed by atoms with Crippen molar-refractivity contribution in [2.75, 3.05) is 5.75 Å². The first-order chi connectivity index (χ1) is 15.6. The van der Waals surface area contributed by atoms with E-state index >= 15 is 0 Å². The monoisotopic (exact) mass is 508 g/mol. The predicted molar refractivity (Wildman–Crippen MR) is 127 cm³/mol. The number of hydrogen-bond donors (Lipinski definition) is 2. The molecule has 2 aromatic heterocycles. The maximum atomic E-state index is 12.3. The molecule has 0 aliphatic heterocycles. The molecular weight excluding hydrogens is 492 g/mol. The molecular formula is C22H17BrN6O2S. The van der Waals surface area contributed by atoms with Crippen molar-refractivity contribution in [1.82, 2.24) is 25.2 Å². The van der Waals surface area contributed by atoms with E-state index in [4.69, 9.17) is 0 Å². The third-order valence-corrected chi connectivity index (χ3v) is 5.72. The molecule has 160 valence electrons. The summed E-state index contributed by atoms with van der Waals surface area (Å²) in [6.45, 7) is 0. The minimum absolute atomic E-state index is 0.106. The maximum Gasteiger partial charge on any atom is 0.250 e. The van der Waals surface area contributed by atoms with Gasteiger partial charge in [0.05, 0.1) is 12.0 Å². The molecule has 1 amide bonds. The Morgan fingerprint density at radius 2 is 1.91 bits per heavy atom. The number of hydrazone groups is 1. The van der Waals surface area contributed by atoms with Crippen LogP contribution in [0.2, 0.25) is 0 Å². The topological polar surface area (TPSA) is 105 Å². The number of benzene rings is 2. The highest BCUT2D eigenvalue weighted by Crippen LogP contribution is 2.28. The number of nitrogens with one attached hydrogen (secondary N) is 1. The first-order valence-electron chi connectivity index (χ1n) is 9.45. The lowest BCUT2D eigenvalue weighted by Crippen LogP contribution is -2.20. The van der Waals surface area contributed by atoms with E-state index in [0.29, 0.717) is 11.0 Å². The first-order valence-corrected chi connectivity index (χ1v) is 11.2. The van der Waals surface area contributed by atoms with Crippen LogP contribution in [-0.2, 0) is 4.79 Å². The summed E-state index contributed by atoms with van der Waals surface area (Å²) in [6, 6.07) is 18.0. The number of pyridine rings is 1. The highest BCUT2D eigenvalue weighted by Gasteiger charge is 2.17. The number of carbonyl (C=O) groups is 1. The van der Waals surface area contributed by atoms with Crippen molar-refractivity contribution in [3.8, 4) is 22.8 Å². The second-order valence-corrected chi connectivity index (χ2v) is 8.39. The van der Waals surface area contributed by atoms with Crippen LogP contribution in [-0.4, -0.2) is 42.7 Å². The van der Waals surface area contributed by atoms with Crippen LogP contribution in [0, 0.1) is 0 Å². The predicted octanol–water partition coefficient (Wildman–Crippen LogP) is 4.04. The van der Waals surface area contributed by atoms with E-state index in [-0.39, 0.29) is 17.4 Å². The van der Waals surface area contributed by atoms with Gasteiger partial charge >= 0.3 is 0 Å². The number of nitrogens with zero attached hydrogens (tertiary/aromatic N) is 5. The van der Waals surface area contributed by atoms with Crippen LogP contribution in [0.5, 0.6) is 5.75 Å². The zero-order chi connectivity index (χ0) is 22.3. The molecule has 0 radical (unpaired) electrons. The molecule has 2 aromatic carbocycles. The molecule has 32 heavy (non-hydrogen) atoms. The molecule has 0 bridgehead atoms. The largest absolute Gasteiger partial charge is 0.508 e. The van der Waals surface area contributed by atoms with Crippen molar-refractivity contribution in [3.63, 3.8) is 0 Å². The fourth-order valence-corrected chi connectivity index (χ4v) is 3.78. The second-order valence-electron chi connectivity index (χ2n) is 6.53. The van der Waals surface area contributed by atoms with Crippen LogP contribution in [0.15, 0.2) is 87.8 Å². The van der Waals surface area contributed by atoms with Gasteiger partial charge in [0.1, 0.15) is 5.75 Å². The Balaban J connectivity index is 1.49. The average Bonchev–Trinajstić information content (AvgIpc) is 3.24. The molecule has 4 aromatic rings. The van der Waals surface area contributed by atoms with Gasteiger partial charge < -0.3 is 5.11 Å². The number of rotatable bonds is 7. The van der Waals surface area contributed by atoms with Crippen molar-refractivity contribution in [2.45, 2.75) is 5.16 Å². The molecule has 0 fully saturated rings. The minimum Gasteiger partial charge on any atom is -0.508 e. The molecule has 10 heteroatoms. The smallest absolute Gasteiger partial charge is 0.250 e. The number of phenols is 1. The van der Waals surface area contributed by atoms with Crippen molar-refractivity contribution >= 4 is 39.8 Å². The fraction of sp³-hybridized carbons (Fsp3) is 0.0455. The Bertz CT molecular complexity index is 1230. The minimum atomic E-state index is -0.279. The van der Waals surface area contributed by atoms with Gasteiger partial charge in [0.25, 0.3) is 5.91 Å². The molecule has 0 spiro atoms. The standard InChI is InChI=1S/C22H17BrN6O2S/c23-17-5-7-18(8-6-17)29-21(16-2-1-11-24-13-16)27-28-22(29)32-14-20(31)26-25-12-15-3-9-19(30)10-4-15/h1-13,30H,14H2,(H,26,31)/b25-12+. The molecule has 4 rings (SSSR count). The van der Waals surface area contributed by atoms with Gasteiger partial charge in [-0.1, -0.05) is 27.7 Å². The van der Waals surface area contributed by atoms with E-state index in [9.17, 15) is 9.90 Å². The Kier molecular flexibility index (Phi) is 6.93.